The Morgan fingerprint density at radius 2 is 1.87 bits per heavy atom. The number of morpholine rings is 1. The number of urea groups is 1. The van der Waals surface area contributed by atoms with Crippen LogP contribution in [0.4, 0.5) is 4.79 Å². The molecule has 1 fully saturated rings. The summed E-state index contributed by atoms with van der Waals surface area (Å²) in [5.74, 6) is 0.560. The van der Waals surface area contributed by atoms with Crippen LogP contribution >= 0.6 is 0 Å². The van der Waals surface area contributed by atoms with Crippen molar-refractivity contribution in [3.05, 3.63) is 0 Å². The van der Waals surface area contributed by atoms with Crippen LogP contribution in [-0.2, 0) is 4.74 Å². The average Bonchev–Trinajstić information content (AvgIpc) is 2.45. The maximum atomic E-state index is 12.3. The minimum Gasteiger partial charge on any atom is -0.379 e. The zero-order valence-electron chi connectivity index (χ0n) is 15.8. The maximum Gasteiger partial charge on any atom is 0.315 e. The first-order chi connectivity index (χ1) is 10.7. The minimum absolute atomic E-state index is 0.0593. The third kappa shape index (κ3) is 7.99. The zero-order valence-corrected chi connectivity index (χ0v) is 15.8. The summed E-state index contributed by atoms with van der Waals surface area (Å²) in [5, 5.41) is 6.17. The van der Waals surface area contributed by atoms with Gasteiger partial charge in [0.05, 0.1) is 13.2 Å². The van der Waals surface area contributed by atoms with Crippen LogP contribution in [0, 0.1) is 5.92 Å². The number of carbonyl (C=O) groups excluding carboxylic acids is 1. The van der Waals surface area contributed by atoms with E-state index in [9.17, 15) is 4.79 Å². The van der Waals surface area contributed by atoms with Crippen molar-refractivity contribution in [1.82, 2.24) is 20.4 Å². The van der Waals surface area contributed by atoms with Crippen LogP contribution in [0.2, 0.25) is 0 Å². The van der Waals surface area contributed by atoms with Gasteiger partial charge in [0.2, 0.25) is 0 Å². The highest BCUT2D eigenvalue weighted by Crippen LogP contribution is 2.15. The lowest BCUT2D eigenvalue weighted by Gasteiger charge is -2.41. The molecule has 6 heteroatoms. The number of amides is 2. The fourth-order valence-corrected chi connectivity index (χ4v) is 3.00. The molecule has 1 rings (SSSR count). The van der Waals surface area contributed by atoms with E-state index in [1.54, 1.807) is 0 Å². The second-order valence-corrected chi connectivity index (χ2v) is 7.83. The highest BCUT2D eigenvalue weighted by atomic mass is 16.5. The molecule has 1 saturated heterocycles. The van der Waals surface area contributed by atoms with Gasteiger partial charge in [-0.3, -0.25) is 4.90 Å². The molecule has 2 amide bonds. The third-order valence-corrected chi connectivity index (χ3v) is 4.23. The Bertz CT molecular complexity index is 343. The molecule has 1 unspecified atom stereocenters. The molecule has 23 heavy (non-hydrogen) atoms. The molecule has 1 aliphatic heterocycles. The van der Waals surface area contributed by atoms with Gasteiger partial charge in [0, 0.05) is 37.8 Å². The molecule has 1 atom stereocenters. The lowest BCUT2D eigenvalue weighted by atomic mass is 10.0. The number of rotatable bonds is 8. The highest BCUT2D eigenvalue weighted by molar-refractivity contribution is 5.74. The molecule has 0 aromatic carbocycles. The van der Waals surface area contributed by atoms with Crippen LogP contribution < -0.4 is 10.6 Å². The van der Waals surface area contributed by atoms with E-state index in [2.05, 4.69) is 48.1 Å². The summed E-state index contributed by atoms with van der Waals surface area (Å²) in [6.07, 6.45) is 0.985. The van der Waals surface area contributed by atoms with Gasteiger partial charge in [-0.2, -0.15) is 0 Å². The Morgan fingerprint density at radius 1 is 1.26 bits per heavy atom. The Hall–Kier alpha value is -0.850. The van der Waals surface area contributed by atoms with Crippen molar-refractivity contribution in [2.24, 2.45) is 5.92 Å². The van der Waals surface area contributed by atoms with E-state index >= 15 is 0 Å². The Kier molecular flexibility index (Phi) is 8.29. The second kappa shape index (κ2) is 9.45. The third-order valence-electron chi connectivity index (χ3n) is 4.23. The average molecular weight is 329 g/mol. The van der Waals surface area contributed by atoms with Crippen molar-refractivity contribution >= 4 is 6.03 Å². The predicted molar refractivity (Wildman–Crippen MR) is 94.8 cm³/mol. The molecule has 0 aliphatic carbocycles. The molecule has 0 aromatic heterocycles. The molecule has 0 spiro atoms. The van der Waals surface area contributed by atoms with Crippen LogP contribution in [0.25, 0.3) is 0 Å². The number of ether oxygens (including phenoxy) is 1. The SMILES string of the molecule is CC(C)CC(CN(C)C)NC(=O)NCC(C)(C)N1CCOCC1. The quantitative estimate of drug-likeness (QED) is 0.707. The summed E-state index contributed by atoms with van der Waals surface area (Å²) in [6, 6.07) is 0.107. The van der Waals surface area contributed by atoms with Crippen LogP contribution in [0.3, 0.4) is 0 Å². The summed E-state index contributed by atoms with van der Waals surface area (Å²) >= 11 is 0. The Balaban J connectivity index is 2.43. The molecular formula is C17H36N4O2. The number of hydrogen-bond acceptors (Lipinski definition) is 4. The topological polar surface area (TPSA) is 56.8 Å². The Labute approximate surface area is 141 Å². The molecule has 1 heterocycles. The maximum absolute atomic E-state index is 12.3. The van der Waals surface area contributed by atoms with E-state index in [1.807, 2.05) is 14.1 Å². The standard InChI is InChI=1S/C17H36N4O2/c1-14(2)11-15(12-20(5)6)19-16(22)18-13-17(3,4)21-7-9-23-10-8-21/h14-15H,7-13H2,1-6H3,(H2,18,19,22). The number of likely N-dealkylation sites (N-methyl/N-ethyl adjacent to an activating group) is 1. The summed E-state index contributed by atoms with van der Waals surface area (Å²) in [7, 11) is 4.07. The summed E-state index contributed by atoms with van der Waals surface area (Å²) < 4.78 is 5.40. The highest BCUT2D eigenvalue weighted by Gasteiger charge is 2.28. The molecule has 0 saturated carbocycles. The number of carbonyl (C=O) groups is 1. The van der Waals surface area contributed by atoms with Crippen LogP contribution in [0.5, 0.6) is 0 Å². The normalized spacial score (nSPS) is 18.3. The van der Waals surface area contributed by atoms with Crippen molar-refractivity contribution in [3.63, 3.8) is 0 Å². The molecular weight excluding hydrogens is 292 g/mol. The van der Waals surface area contributed by atoms with Crippen LogP contribution in [0.1, 0.15) is 34.1 Å². The molecule has 1 aliphatic rings. The van der Waals surface area contributed by atoms with E-state index in [0.717, 1.165) is 39.3 Å². The fraction of sp³-hybridized carbons (Fsp3) is 0.941. The summed E-state index contributed by atoms with van der Waals surface area (Å²) in [4.78, 5) is 16.8. The molecule has 2 N–H and O–H groups in total. The van der Waals surface area contributed by atoms with Crippen molar-refractivity contribution in [2.45, 2.75) is 45.7 Å². The van der Waals surface area contributed by atoms with Crippen molar-refractivity contribution in [2.75, 3.05) is 53.5 Å². The van der Waals surface area contributed by atoms with E-state index < -0.39 is 0 Å². The monoisotopic (exact) mass is 328 g/mol. The molecule has 0 radical (unpaired) electrons. The lowest BCUT2D eigenvalue weighted by molar-refractivity contribution is -0.00877. The number of hydrogen-bond donors (Lipinski definition) is 2. The van der Waals surface area contributed by atoms with Gasteiger partial charge in [-0.05, 0) is 40.3 Å². The first-order valence-corrected chi connectivity index (χ1v) is 8.72. The number of nitrogens with zero attached hydrogens (tertiary/aromatic N) is 2. The van der Waals surface area contributed by atoms with Crippen molar-refractivity contribution < 1.29 is 9.53 Å². The van der Waals surface area contributed by atoms with E-state index in [-0.39, 0.29) is 17.6 Å². The molecule has 0 bridgehead atoms. The summed E-state index contributed by atoms with van der Waals surface area (Å²) in [6.45, 7) is 13.6. The molecule has 6 nitrogen and oxygen atoms in total. The van der Waals surface area contributed by atoms with E-state index in [4.69, 9.17) is 4.74 Å². The second-order valence-electron chi connectivity index (χ2n) is 7.83. The van der Waals surface area contributed by atoms with Gasteiger partial charge in [-0.25, -0.2) is 4.79 Å². The van der Waals surface area contributed by atoms with Gasteiger partial charge in [-0.1, -0.05) is 13.8 Å². The lowest BCUT2D eigenvalue weighted by Crippen LogP contribution is -2.57. The minimum atomic E-state index is -0.0705. The largest absolute Gasteiger partial charge is 0.379 e. The zero-order chi connectivity index (χ0) is 17.5. The fourth-order valence-electron chi connectivity index (χ4n) is 3.00. The van der Waals surface area contributed by atoms with Gasteiger partial charge in [-0.15, -0.1) is 0 Å². The van der Waals surface area contributed by atoms with Crippen molar-refractivity contribution in [3.8, 4) is 0 Å². The summed E-state index contributed by atoms with van der Waals surface area (Å²) in [5.41, 5.74) is -0.0593. The first kappa shape index (κ1) is 20.2. The first-order valence-electron chi connectivity index (χ1n) is 8.72. The van der Waals surface area contributed by atoms with Gasteiger partial charge >= 0.3 is 6.03 Å². The van der Waals surface area contributed by atoms with E-state index in [0.29, 0.717) is 12.5 Å². The van der Waals surface area contributed by atoms with Gasteiger partial charge in [0.1, 0.15) is 0 Å². The van der Waals surface area contributed by atoms with Crippen LogP contribution in [0.15, 0.2) is 0 Å². The smallest absolute Gasteiger partial charge is 0.315 e. The van der Waals surface area contributed by atoms with Gasteiger partial charge in [0.25, 0.3) is 0 Å². The molecule has 136 valence electrons. The van der Waals surface area contributed by atoms with Crippen LogP contribution in [-0.4, -0.2) is 80.9 Å². The van der Waals surface area contributed by atoms with Gasteiger partial charge < -0.3 is 20.3 Å². The Morgan fingerprint density at radius 3 is 2.39 bits per heavy atom. The van der Waals surface area contributed by atoms with Gasteiger partial charge in [0.15, 0.2) is 0 Å². The predicted octanol–water partition coefficient (Wildman–Crippen LogP) is 1.37. The molecule has 0 aromatic rings. The van der Waals surface area contributed by atoms with E-state index in [1.165, 1.54) is 0 Å². The van der Waals surface area contributed by atoms with Crippen molar-refractivity contribution in [1.29, 1.82) is 0 Å². The number of nitrogens with one attached hydrogen (secondary N) is 2.